The molecule has 3 N–H and O–H groups in total. The van der Waals surface area contributed by atoms with E-state index in [0.29, 0.717) is 17.8 Å². The number of amides is 1. The highest BCUT2D eigenvalue weighted by molar-refractivity contribution is 5.94. The van der Waals surface area contributed by atoms with Crippen LogP contribution in [-0.2, 0) is 13.5 Å². The fourth-order valence-electron chi connectivity index (χ4n) is 3.68. The van der Waals surface area contributed by atoms with Gasteiger partial charge in [0, 0.05) is 24.7 Å². The summed E-state index contributed by atoms with van der Waals surface area (Å²) in [7, 11) is 1.88. The van der Waals surface area contributed by atoms with Crippen LogP contribution in [0, 0.1) is 13.8 Å². The maximum Gasteiger partial charge on any atom is 0.269 e. The minimum atomic E-state index is -0.624. The van der Waals surface area contributed by atoms with E-state index in [-0.39, 0.29) is 5.91 Å². The number of hydrogen-bond donors (Lipinski definition) is 3. The molecule has 2 aromatic heterocycles. The van der Waals surface area contributed by atoms with Gasteiger partial charge in [0.15, 0.2) is 0 Å². The standard InChI is InChI=1S/C19H21N5O2/c1-10-17(11(2)24(3)23-10)14-9-15(22-21-14)19(26)20-18-13-7-5-4-6-12(13)8-16(18)25/h4-7,9,16,18,25H,8H2,1-3H3,(H,20,26)(H,21,22). The lowest BCUT2D eigenvalue weighted by Crippen LogP contribution is -2.34. The Bertz CT molecular complexity index is 988. The van der Waals surface area contributed by atoms with Crippen LogP contribution in [0.3, 0.4) is 0 Å². The molecule has 2 unspecified atom stereocenters. The van der Waals surface area contributed by atoms with Crippen LogP contribution >= 0.6 is 0 Å². The summed E-state index contributed by atoms with van der Waals surface area (Å²) in [5.74, 6) is -0.288. The van der Waals surface area contributed by atoms with E-state index in [0.717, 1.165) is 28.1 Å². The van der Waals surface area contributed by atoms with E-state index >= 15 is 0 Å². The third-order valence-electron chi connectivity index (χ3n) is 5.08. The van der Waals surface area contributed by atoms with Gasteiger partial charge in [-0.2, -0.15) is 10.2 Å². The van der Waals surface area contributed by atoms with E-state index in [2.05, 4.69) is 20.6 Å². The van der Waals surface area contributed by atoms with Gasteiger partial charge in [0.2, 0.25) is 0 Å². The molecule has 26 heavy (non-hydrogen) atoms. The average molecular weight is 351 g/mol. The van der Waals surface area contributed by atoms with E-state index < -0.39 is 12.1 Å². The van der Waals surface area contributed by atoms with E-state index in [1.54, 1.807) is 10.7 Å². The third kappa shape index (κ3) is 2.61. The number of fused-ring (bicyclic) bond motifs is 1. The second kappa shape index (κ2) is 6.10. The summed E-state index contributed by atoms with van der Waals surface area (Å²) in [6.07, 6.45) is -0.0785. The summed E-state index contributed by atoms with van der Waals surface area (Å²) in [5.41, 5.74) is 5.85. The molecular formula is C19H21N5O2. The molecule has 0 bridgehead atoms. The molecular weight excluding hydrogens is 330 g/mol. The van der Waals surface area contributed by atoms with Crippen LogP contribution in [0.2, 0.25) is 0 Å². The Labute approximate surface area is 151 Å². The molecule has 7 heteroatoms. The number of carbonyl (C=O) groups excluding carboxylic acids is 1. The predicted molar refractivity (Wildman–Crippen MR) is 96.6 cm³/mol. The summed E-state index contributed by atoms with van der Waals surface area (Å²) < 4.78 is 1.80. The number of benzene rings is 1. The zero-order valence-electron chi connectivity index (χ0n) is 14.9. The number of nitrogens with one attached hydrogen (secondary N) is 2. The van der Waals surface area contributed by atoms with Crippen LogP contribution in [-0.4, -0.2) is 37.1 Å². The smallest absolute Gasteiger partial charge is 0.269 e. The van der Waals surface area contributed by atoms with Crippen molar-refractivity contribution in [1.82, 2.24) is 25.3 Å². The van der Waals surface area contributed by atoms with E-state index in [4.69, 9.17) is 0 Å². The Morgan fingerprint density at radius 3 is 2.85 bits per heavy atom. The largest absolute Gasteiger partial charge is 0.390 e. The summed E-state index contributed by atoms with van der Waals surface area (Å²) in [6.45, 7) is 3.89. The quantitative estimate of drug-likeness (QED) is 0.671. The normalized spacial score (nSPS) is 18.8. The number of hydrogen-bond acceptors (Lipinski definition) is 4. The topological polar surface area (TPSA) is 95.8 Å². The number of aromatic amines is 1. The molecule has 1 aliphatic rings. The van der Waals surface area contributed by atoms with Gasteiger partial charge in [-0.25, -0.2) is 0 Å². The first kappa shape index (κ1) is 16.5. The highest BCUT2D eigenvalue weighted by Gasteiger charge is 2.32. The van der Waals surface area contributed by atoms with Gasteiger partial charge < -0.3 is 10.4 Å². The van der Waals surface area contributed by atoms with Gasteiger partial charge >= 0.3 is 0 Å². The van der Waals surface area contributed by atoms with Gasteiger partial charge in [-0.15, -0.1) is 0 Å². The number of nitrogens with zero attached hydrogens (tertiary/aromatic N) is 3. The van der Waals surface area contributed by atoms with Crippen molar-refractivity contribution in [2.24, 2.45) is 7.05 Å². The first-order valence-electron chi connectivity index (χ1n) is 8.58. The van der Waals surface area contributed by atoms with Crippen molar-refractivity contribution >= 4 is 5.91 Å². The first-order valence-corrected chi connectivity index (χ1v) is 8.58. The van der Waals surface area contributed by atoms with Gasteiger partial charge in [0.05, 0.1) is 23.5 Å². The van der Waals surface area contributed by atoms with Crippen molar-refractivity contribution in [2.75, 3.05) is 0 Å². The van der Waals surface area contributed by atoms with Gasteiger partial charge in [-0.05, 0) is 31.0 Å². The molecule has 1 aromatic carbocycles. The van der Waals surface area contributed by atoms with Crippen molar-refractivity contribution in [3.05, 3.63) is 58.5 Å². The molecule has 2 heterocycles. The van der Waals surface area contributed by atoms with Crippen LogP contribution in [0.25, 0.3) is 11.3 Å². The van der Waals surface area contributed by atoms with Crippen molar-refractivity contribution in [3.8, 4) is 11.3 Å². The average Bonchev–Trinajstić information content (AvgIpc) is 3.26. The fourth-order valence-corrected chi connectivity index (χ4v) is 3.68. The number of H-pyrrole nitrogens is 1. The molecule has 0 saturated carbocycles. The Hall–Kier alpha value is -2.93. The van der Waals surface area contributed by atoms with Gasteiger partial charge in [0.25, 0.3) is 5.91 Å². The highest BCUT2D eigenvalue weighted by atomic mass is 16.3. The van der Waals surface area contributed by atoms with E-state index in [1.165, 1.54) is 0 Å². The lowest BCUT2D eigenvalue weighted by molar-refractivity contribution is 0.0853. The van der Waals surface area contributed by atoms with Crippen molar-refractivity contribution in [3.63, 3.8) is 0 Å². The lowest BCUT2D eigenvalue weighted by atomic mass is 10.1. The molecule has 7 nitrogen and oxygen atoms in total. The molecule has 134 valence electrons. The minimum Gasteiger partial charge on any atom is -0.390 e. The Balaban J connectivity index is 1.58. The zero-order valence-corrected chi connectivity index (χ0v) is 14.9. The molecule has 1 aliphatic carbocycles. The number of aromatic nitrogens is 4. The zero-order chi connectivity index (χ0) is 18.4. The Morgan fingerprint density at radius 2 is 2.12 bits per heavy atom. The van der Waals surface area contributed by atoms with Crippen molar-refractivity contribution in [1.29, 1.82) is 0 Å². The van der Waals surface area contributed by atoms with Gasteiger partial charge in [0.1, 0.15) is 5.69 Å². The molecule has 0 radical (unpaired) electrons. The van der Waals surface area contributed by atoms with E-state index in [9.17, 15) is 9.90 Å². The summed E-state index contributed by atoms with van der Waals surface area (Å²) in [5, 5.41) is 24.7. The second-order valence-corrected chi connectivity index (χ2v) is 6.76. The maximum absolute atomic E-state index is 12.7. The van der Waals surface area contributed by atoms with Crippen LogP contribution in [0.1, 0.15) is 39.0 Å². The highest BCUT2D eigenvalue weighted by Crippen LogP contribution is 2.31. The van der Waals surface area contributed by atoms with Gasteiger partial charge in [-0.1, -0.05) is 24.3 Å². The number of aliphatic hydroxyl groups excluding tert-OH is 1. The number of aliphatic hydroxyl groups is 1. The van der Waals surface area contributed by atoms with E-state index in [1.807, 2.05) is 45.2 Å². The minimum absolute atomic E-state index is 0.288. The molecule has 0 aliphatic heterocycles. The van der Waals surface area contributed by atoms with Gasteiger partial charge in [-0.3, -0.25) is 14.6 Å². The Morgan fingerprint density at radius 1 is 1.35 bits per heavy atom. The third-order valence-corrected chi connectivity index (χ3v) is 5.08. The maximum atomic E-state index is 12.7. The summed E-state index contributed by atoms with van der Waals surface area (Å²) in [6, 6.07) is 9.09. The van der Waals surface area contributed by atoms with Crippen LogP contribution in [0.4, 0.5) is 0 Å². The lowest BCUT2D eigenvalue weighted by Gasteiger charge is -2.17. The molecule has 0 fully saturated rings. The molecule has 4 rings (SSSR count). The molecule has 1 amide bonds. The van der Waals surface area contributed by atoms with Crippen LogP contribution in [0.5, 0.6) is 0 Å². The monoisotopic (exact) mass is 351 g/mol. The Kier molecular flexibility index (Phi) is 3.88. The van der Waals surface area contributed by atoms with Crippen LogP contribution < -0.4 is 5.32 Å². The number of aryl methyl sites for hydroxylation is 2. The summed E-state index contributed by atoms with van der Waals surface area (Å²) >= 11 is 0. The SMILES string of the molecule is Cc1nn(C)c(C)c1-c1cc(C(=O)NC2c3ccccc3CC2O)[nH]n1. The molecule has 0 saturated heterocycles. The first-order chi connectivity index (χ1) is 12.5. The molecule has 0 spiro atoms. The summed E-state index contributed by atoms with van der Waals surface area (Å²) in [4.78, 5) is 12.7. The number of carbonyl (C=O) groups is 1. The van der Waals surface area contributed by atoms with Crippen molar-refractivity contribution < 1.29 is 9.90 Å². The fraction of sp³-hybridized carbons (Fsp3) is 0.316. The predicted octanol–water partition coefficient (Wildman–Crippen LogP) is 1.82. The van der Waals surface area contributed by atoms with Crippen LogP contribution in [0.15, 0.2) is 30.3 Å². The molecule has 2 atom stereocenters. The molecule has 3 aromatic rings. The van der Waals surface area contributed by atoms with Crippen molar-refractivity contribution in [2.45, 2.75) is 32.4 Å². The number of rotatable bonds is 3. The second-order valence-electron chi connectivity index (χ2n) is 6.76.